The van der Waals surface area contributed by atoms with Crippen LogP contribution in [0.1, 0.15) is 22.3 Å². The second kappa shape index (κ2) is 11.6. The number of benzene rings is 4. The van der Waals surface area contributed by atoms with Gasteiger partial charge in [0.25, 0.3) is 0 Å². The average Bonchev–Trinajstić information content (AvgIpc) is 2.88. The zero-order valence-electron chi connectivity index (χ0n) is 18.7. The predicted molar refractivity (Wildman–Crippen MR) is 129 cm³/mol. The Morgan fingerprint density at radius 2 is 0.917 bits per heavy atom. The fourth-order valence-electron chi connectivity index (χ4n) is 3.39. The van der Waals surface area contributed by atoms with Crippen LogP contribution in [0.15, 0.2) is 97.1 Å². The van der Waals surface area contributed by atoms with E-state index >= 15 is 0 Å². The predicted octanol–water partition coefficient (Wildman–Crippen LogP) is 8.98. The third kappa shape index (κ3) is 7.35. The molecule has 0 bridgehead atoms. The topological polar surface area (TPSA) is 20.2 Å². The van der Waals surface area contributed by atoms with Crippen LogP contribution in [0.4, 0.5) is 26.3 Å². The van der Waals surface area contributed by atoms with E-state index in [1.165, 1.54) is 24.3 Å². The Balaban J connectivity index is 0.000000201. The van der Waals surface area contributed by atoms with Crippen molar-refractivity contribution < 1.29 is 31.4 Å². The fraction of sp³-hybridized carbons (Fsp3) is 0.143. The van der Waals surface area contributed by atoms with Crippen molar-refractivity contribution in [3.63, 3.8) is 0 Å². The molecule has 0 aliphatic rings. The van der Waals surface area contributed by atoms with Gasteiger partial charge in [0, 0.05) is 5.88 Å². The second-order valence-electron chi connectivity index (χ2n) is 7.84. The molecule has 1 N–H and O–H groups in total. The Labute approximate surface area is 209 Å². The van der Waals surface area contributed by atoms with Crippen molar-refractivity contribution >= 4 is 11.6 Å². The summed E-state index contributed by atoms with van der Waals surface area (Å²) in [5.41, 5.74) is 3.45. The van der Waals surface area contributed by atoms with Gasteiger partial charge >= 0.3 is 12.4 Å². The van der Waals surface area contributed by atoms with Gasteiger partial charge in [-0.15, -0.1) is 11.6 Å². The van der Waals surface area contributed by atoms with Gasteiger partial charge in [0.15, 0.2) is 0 Å². The molecule has 0 atom stereocenters. The van der Waals surface area contributed by atoms with Crippen LogP contribution in [0.5, 0.6) is 0 Å². The first kappa shape index (κ1) is 27.3. The van der Waals surface area contributed by atoms with Gasteiger partial charge in [-0.1, -0.05) is 60.7 Å². The Hall–Kier alpha value is -3.29. The van der Waals surface area contributed by atoms with E-state index in [1.807, 2.05) is 24.3 Å². The van der Waals surface area contributed by atoms with E-state index in [9.17, 15) is 26.3 Å². The highest BCUT2D eigenvalue weighted by molar-refractivity contribution is 6.17. The summed E-state index contributed by atoms with van der Waals surface area (Å²) in [4.78, 5) is 0. The summed E-state index contributed by atoms with van der Waals surface area (Å²) in [7, 11) is 0. The fourth-order valence-corrected chi connectivity index (χ4v) is 3.55. The lowest BCUT2D eigenvalue weighted by Gasteiger charge is -2.08. The zero-order chi connectivity index (χ0) is 26.3. The summed E-state index contributed by atoms with van der Waals surface area (Å²) in [6.45, 7) is -0.0888. The molecule has 0 saturated heterocycles. The molecule has 4 aromatic carbocycles. The molecule has 4 aromatic rings. The molecule has 0 aromatic heterocycles. The lowest BCUT2D eigenvalue weighted by Crippen LogP contribution is -2.03. The molecule has 0 heterocycles. The molecular formula is C28H21ClF6O. The van der Waals surface area contributed by atoms with Crippen LogP contribution in [-0.2, 0) is 24.8 Å². The van der Waals surface area contributed by atoms with Crippen molar-refractivity contribution in [2.45, 2.75) is 24.8 Å². The molecule has 0 amide bonds. The number of hydrogen-bond acceptors (Lipinski definition) is 1. The monoisotopic (exact) mass is 522 g/mol. The first-order chi connectivity index (χ1) is 17.0. The second-order valence-corrected chi connectivity index (χ2v) is 8.11. The quantitative estimate of drug-likeness (QED) is 0.209. The van der Waals surface area contributed by atoms with E-state index in [2.05, 4.69) is 0 Å². The molecule has 1 nitrogen and oxygen atoms in total. The summed E-state index contributed by atoms with van der Waals surface area (Å²) in [5, 5.41) is 9.01. The van der Waals surface area contributed by atoms with Gasteiger partial charge in [-0.25, -0.2) is 0 Å². The molecule has 188 valence electrons. The smallest absolute Gasteiger partial charge is 0.392 e. The normalized spacial score (nSPS) is 11.6. The van der Waals surface area contributed by atoms with Gasteiger partial charge in [0.2, 0.25) is 0 Å². The maximum Gasteiger partial charge on any atom is 0.416 e. The van der Waals surface area contributed by atoms with Crippen molar-refractivity contribution in [2.24, 2.45) is 0 Å². The average molecular weight is 523 g/mol. The van der Waals surface area contributed by atoms with Gasteiger partial charge in [-0.3, -0.25) is 0 Å². The maximum absolute atomic E-state index is 12.4. The molecular weight excluding hydrogens is 502 g/mol. The van der Waals surface area contributed by atoms with Gasteiger partial charge in [-0.2, -0.15) is 26.3 Å². The SMILES string of the molecule is FC(F)(F)c1ccc(-c2cccc(CCl)c2)cc1.OCc1cccc(-c2ccc(C(F)(F)F)cc2)c1. The minimum absolute atomic E-state index is 0.0888. The highest BCUT2D eigenvalue weighted by Gasteiger charge is 2.30. The number of aliphatic hydroxyl groups excluding tert-OH is 1. The summed E-state index contributed by atoms with van der Waals surface area (Å²) < 4.78 is 74.5. The first-order valence-corrected chi connectivity index (χ1v) is 11.2. The van der Waals surface area contributed by atoms with E-state index in [0.717, 1.165) is 52.1 Å². The van der Waals surface area contributed by atoms with Crippen molar-refractivity contribution in [1.29, 1.82) is 0 Å². The summed E-state index contributed by atoms with van der Waals surface area (Å²) in [5.74, 6) is 0.383. The van der Waals surface area contributed by atoms with Crippen molar-refractivity contribution in [3.8, 4) is 22.3 Å². The number of rotatable bonds is 4. The van der Waals surface area contributed by atoms with Crippen LogP contribution in [0.25, 0.3) is 22.3 Å². The van der Waals surface area contributed by atoms with Crippen LogP contribution >= 0.6 is 11.6 Å². The first-order valence-electron chi connectivity index (χ1n) is 10.7. The van der Waals surface area contributed by atoms with Crippen LogP contribution in [-0.4, -0.2) is 5.11 Å². The minimum atomic E-state index is -4.31. The number of hydrogen-bond donors (Lipinski definition) is 1. The lowest BCUT2D eigenvalue weighted by atomic mass is 10.0. The number of aliphatic hydroxyl groups is 1. The Morgan fingerprint density at radius 3 is 1.28 bits per heavy atom. The summed E-state index contributed by atoms with van der Waals surface area (Å²) >= 11 is 5.72. The van der Waals surface area contributed by atoms with E-state index in [4.69, 9.17) is 16.7 Å². The van der Waals surface area contributed by atoms with E-state index < -0.39 is 23.5 Å². The van der Waals surface area contributed by atoms with Crippen molar-refractivity contribution in [2.75, 3.05) is 0 Å². The zero-order valence-corrected chi connectivity index (χ0v) is 19.5. The molecule has 8 heteroatoms. The standard InChI is InChI=1S/C14H10ClF3.C14H11F3O/c15-9-10-2-1-3-12(8-10)11-4-6-13(7-5-11)14(16,17)18;15-14(16,17)13-6-4-11(5-7-13)12-3-1-2-10(8-12)9-18/h1-8H,9H2;1-8,18H,9H2. The molecule has 36 heavy (non-hydrogen) atoms. The molecule has 0 fully saturated rings. The molecule has 0 radical (unpaired) electrons. The Bertz CT molecular complexity index is 1160. The van der Waals surface area contributed by atoms with Crippen LogP contribution in [0.2, 0.25) is 0 Å². The summed E-state index contributed by atoms with van der Waals surface area (Å²) in [6.07, 6.45) is -8.61. The van der Waals surface area contributed by atoms with E-state index in [1.54, 1.807) is 24.3 Å². The van der Waals surface area contributed by atoms with Gasteiger partial charge in [0.05, 0.1) is 17.7 Å². The molecule has 0 aliphatic heterocycles. The number of halogens is 7. The largest absolute Gasteiger partial charge is 0.416 e. The van der Waals surface area contributed by atoms with E-state index in [0.29, 0.717) is 11.4 Å². The van der Waals surface area contributed by atoms with Crippen LogP contribution in [0.3, 0.4) is 0 Å². The molecule has 0 unspecified atom stereocenters. The lowest BCUT2D eigenvalue weighted by molar-refractivity contribution is -0.138. The molecule has 4 rings (SSSR count). The van der Waals surface area contributed by atoms with Crippen LogP contribution < -0.4 is 0 Å². The summed E-state index contributed by atoms with van der Waals surface area (Å²) in [6, 6.07) is 24.6. The Kier molecular flexibility index (Phi) is 8.82. The van der Waals surface area contributed by atoms with E-state index in [-0.39, 0.29) is 6.61 Å². The molecule has 0 saturated carbocycles. The number of alkyl halides is 7. The van der Waals surface area contributed by atoms with Gasteiger partial charge in [0.1, 0.15) is 0 Å². The van der Waals surface area contributed by atoms with Gasteiger partial charge < -0.3 is 5.11 Å². The molecule has 0 aliphatic carbocycles. The maximum atomic E-state index is 12.4. The van der Waals surface area contributed by atoms with Gasteiger partial charge in [-0.05, 0) is 69.8 Å². The van der Waals surface area contributed by atoms with Crippen molar-refractivity contribution in [1.82, 2.24) is 0 Å². The highest BCUT2D eigenvalue weighted by Crippen LogP contribution is 2.32. The van der Waals surface area contributed by atoms with Crippen LogP contribution in [0, 0.1) is 0 Å². The van der Waals surface area contributed by atoms with Crippen molar-refractivity contribution in [3.05, 3.63) is 119 Å². The third-order valence-corrected chi connectivity index (χ3v) is 5.59. The highest BCUT2D eigenvalue weighted by atomic mass is 35.5. The Morgan fingerprint density at radius 1 is 0.528 bits per heavy atom. The minimum Gasteiger partial charge on any atom is -0.392 e. The molecule has 0 spiro atoms. The third-order valence-electron chi connectivity index (χ3n) is 5.28.